The van der Waals surface area contributed by atoms with Gasteiger partial charge in [0.25, 0.3) is 0 Å². The number of ether oxygens (including phenoxy) is 1. The van der Waals surface area contributed by atoms with E-state index in [9.17, 15) is 5.26 Å². The van der Waals surface area contributed by atoms with Gasteiger partial charge in [-0.2, -0.15) is 5.26 Å². The number of pyridine rings is 2. The third-order valence-electron chi connectivity index (χ3n) is 5.52. The molecule has 3 aromatic heterocycles. The molecule has 9 nitrogen and oxygen atoms in total. The van der Waals surface area contributed by atoms with Crippen LogP contribution in [-0.4, -0.2) is 53.2 Å². The van der Waals surface area contributed by atoms with Crippen molar-refractivity contribution in [3.05, 3.63) is 60.6 Å². The molecule has 0 atom stereocenters. The molecular formula is C24H22N8O. The predicted molar refractivity (Wildman–Crippen MR) is 127 cm³/mol. The molecule has 5 rings (SSSR count). The van der Waals surface area contributed by atoms with Crippen molar-refractivity contribution in [3.8, 4) is 23.2 Å². The van der Waals surface area contributed by atoms with Crippen LogP contribution in [0.2, 0.25) is 0 Å². The maximum absolute atomic E-state index is 9.37. The van der Waals surface area contributed by atoms with Gasteiger partial charge in [0.15, 0.2) is 5.82 Å². The van der Waals surface area contributed by atoms with Crippen LogP contribution in [-0.2, 0) is 0 Å². The van der Waals surface area contributed by atoms with E-state index in [0.29, 0.717) is 34.2 Å². The Morgan fingerprint density at radius 1 is 1.12 bits per heavy atom. The standard InChI is InChI=1S/C24H22N8O/c1-33-20-15-27-14-19-22(20)24(32-10-8-26-9-11-32)31-23(30-19)16-6-7-28-21(12-16)29-18-5-3-2-4-17(18)13-25/h2-7,12,14-15,26H,8-11H2,1H3,(H,28,29). The molecule has 4 heterocycles. The minimum absolute atomic E-state index is 0.547. The van der Waals surface area contributed by atoms with E-state index >= 15 is 0 Å². The fourth-order valence-electron chi connectivity index (χ4n) is 3.89. The van der Waals surface area contributed by atoms with Crippen LogP contribution in [0.1, 0.15) is 5.56 Å². The highest BCUT2D eigenvalue weighted by atomic mass is 16.5. The molecule has 1 aliphatic heterocycles. The normalized spacial score (nSPS) is 13.5. The molecule has 1 aliphatic rings. The Kier molecular flexibility index (Phi) is 5.66. The van der Waals surface area contributed by atoms with Crippen LogP contribution in [0.25, 0.3) is 22.3 Å². The quantitative estimate of drug-likeness (QED) is 0.485. The minimum Gasteiger partial charge on any atom is -0.494 e. The lowest BCUT2D eigenvalue weighted by Crippen LogP contribution is -2.44. The van der Waals surface area contributed by atoms with Gasteiger partial charge in [0.2, 0.25) is 0 Å². The van der Waals surface area contributed by atoms with Crippen LogP contribution >= 0.6 is 0 Å². The Morgan fingerprint density at radius 2 is 1.97 bits per heavy atom. The van der Waals surface area contributed by atoms with Crippen LogP contribution in [0.15, 0.2) is 55.0 Å². The Labute approximate surface area is 191 Å². The number of hydrogen-bond acceptors (Lipinski definition) is 9. The molecule has 164 valence electrons. The average Bonchev–Trinajstić information content (AvgIpc) is 2.88. The lowest BCUT2D eigenvalue weighted by molar-refractivity contribution is 0.418. The van der Waals surface area contributed by atoms with Crippen molar-refractivity contribution in [2.24, 2.45) is 0 Å². The maximum Gasteiger partial charge on any atom is 0.162 e. The monoisotopic (exact) mass is 438 g/mol. The third kappa shape index (κ3) is 4.12. The van der Waals surface area contributed by atoms with E-state index in [2.05, 4.69) is 31.6 Å². The highest BCUT2D eigenvalue weighted by molar-refractivity contribution is 5.95. The van der Waals surface area contributed by atoms with Crippen molar-refractivity contribution >= 4 is 28.2 Å². The van der Waals surface area contributed by atoms with Gasteiger partial charge >= 0.3 is 0 Å². The van der Waals surface area contributed by atoms with Crippen LogP contribution in [0.5, 0.6) is 5.75 Å². The number of nitrogens with zero attached hydrogens (tertiary/aromatic N) is 6. The third-order valence-corrected chi connectivity index (χ3v) is 5.52. The maximum atomic E-state index is 9.37. The first kappa shape index (κ1) is 20.6. The van der Waals surface area contributed by atoms with Gasteiger partial charge in [0, 0.05) is 37.9 Å². The molecule has 4 aromatic rings. The number of benzene rings is 1. The molecule has 0 bridgehead atoms. The fraction of sp³-hybridized carbons (Fsp3) is 0.208. The summed E-state index contributed by atoms with van der Waals surface area (Å²) in [7, 11) is 1.63. The first-order valence-corrected chi connectivity index (χ1v) is 10.6. The molecule has 0 amide bonds. The number of fused-ring (bicyclic) bond motifs is 1. The number of nitrogens with one attached hydrogen (secondary N) is 2. The fourth-order valence-corrected chi connectivity index (χ4v) is 3.89. The summed E-state index contributed by atoms with van der Waals surface area (Å²) in [6.45, 7) is 3.45. The van der Waals surface area contributed by atoms with Crippen molar-refractivity contribution in [1.82, 2.24) is 25.3 Å². The summed E-state index contributed by atoms with van der Waals surface area (Å²) in [4.78, 5) is 20.7. The molecule has 0 saturated carbocycles. The van der Waals surface area contributed by atoms with Crippen LogP contribution in [0.4, 0.5) is 17.3 Å². The summed E-state index contributed by atoms with van der Waals surface area (Å²) in [5.74, 6) is 2.66. The lowest BCUT2D eigenvalue weighted by atomic mass is 10.2. The molecule has 0 aliphatic carbocycles. The van der Waals surface area contributed by atoms with E-state index in [4.69, 9.17) is 14.7 Å². The first-order valence-electron chi connectivity index (χ1n) is 10.6. The number of para-hydroxylation sites is 1. The molecule has 9 heteroatoms. The SMILES string of the molecule is COc1cncc2nc(-c3ccnc(Nc4ccccc4C#N)c3)nc(N3CCNCC3)c12. The molecule has 2 N–H and O–H groups in total. The largest absolute Gasteiger partial charge is 0.494 e. The average molecular weight is 438 g/mol. The van der Waals surface area contributed by atoms with Crippen molar-refractivity contribution in [2.75, 3.05) is 43.5 Å². The van der Waals surface area contributed by atoms with E-state index in [1.165, 1.54) is 0 Å². The summed E-state index contributed by atoms with van der Waals surface area (Å²) in [5.41, 5.74) is 2.77. The zero-order chi connectivity index (χ0) is 22.6. The number of anilines is 3. The lowest BCUT2D eigenvalue weighted by Gasteiger charge is -2.29. The van der Waals surface area contributed by atoms with E-state index in [-0.39, 0.29) is 0 Å². The van der Waals surface area contributed by atoms with Gasteiger partial charge in [-0.3, -0.25) is 4.98 Å². The van der Waals surface area contributed by atoms with Gasteiger partial charge < -0.3 is 20.3 Å². The molecule has 1 fully saturated rings. The number of rotatable bonds is 5. The van der Waals surface area contributed by atoms with E-state index < -0.39 is 0 Å². The van der Waals surface area contributed by atoms with Crippen molar-refractivity contribution in [3.63, 3.8) is 0 Å². The van der Waals surface area contributed by atoms with E-state index in [1.54, 1.807) is 31.8 Å². The van der Waals surface area contributed by atoms with E-state index in [0.717, 1.165) is 42.9 Å². The summed E-state index contributed by atoms with van der Waals surface area (Å²) in [5, 5.41) is 16.8. The molecule has 33 heavy (non-hydrogen) atoms. The van der Waals surface area contributed by atoms with Crippen molar-refractivity contribution in [1.29, 1.82) is 5.26 Å². The van der Waals surface area contributed by atoms with Crippen LogP contribution in [0.3, 0.4) is 0 Å². The van der Waals surface area contributed by atoms with Crippen molar-refractivity contribution < 1.29 is 4.74 Å². The Hall–Kier alpha value is -4.29. The van der Waals surface area contributed by atoms with Crippen LogP contribution < -0.4 is 20.3 Å². The number of aromatic nitrogens is 4. The van der Waals surface area contributed by atoms with Gasteiger partial charge in [-0.15, -0.1) is 0 Å². The second-order valence-electron chi connectivity index (χ2n) is 7.56. The number of methoxy groups -OCH3 is 1. The van der Waals surface area contributed by atoms with Gasteiger partial charge in [0.05, 0.1) is 41.7 Å². The summed E-state index contributed by atoms with van der Waals surface area (Å²) in [6, 6.07) is 13.3. The smallest absolute Gasteiger partial charge is 0.162 e. The summed E-state index contributed by atoms with van der Waals surface area (Å²) >= 11 is 0. The zero-order valence-corrected chi connectivity index (χ0v) is 18.1. The topological polar surface area (TPSA) is 112 Å². The Balaban J connectivity index is 1.59. The second kappa shape index (κ2) is 9.06. The number of hydrogen-bond donors (Lipinski definition) is 2. The predicted octanol–water partition coefficient (Wildman–Crippen LogP) is 3.12. The van der Waals surface area contributed by atoms with Crippen LogP contribution in [0, 0.1) is 11.3 Å². The molecule has 0 unspecified atom stereocenters. The van der Waals surface area contributed by atoms with Gasteiger partial charge in [-0.05, 0) is 24.3 Å². The Bertz CT molecular complexity index is 1340. The highest BCUT2D eigenvalue weighted by Crippen LogP contribution is 2.34. The molecule has 0 radical (unpaired) electrons. The molecular weight excluding hydrogens is 416 g/mol. The van der Waals surface area contributed by atoms with Gasteiger partial charge in [-0.25, -0.2) is 15.0 Å². The molecule has 0 spiro atoms. The summed E-state index contributed by atoms with van der Waals surface area (Å²) < 4.78 is 5.58. The minimum atomic E-state index is 0.547. The zero-order valence-electron chi connectivity index (χ0n) is 18.1. The van der Waals surface area contributed by atoms with Gasteiger partial charge in [-0.1, -0.05) is 12.1 Å². The number of nitriles is 1. The highest BCUT2D eigenvalue weighted by Gasteiger charge is 2.20. The molecule has 1 aromatic carbocycles. The second-order valence-corrected chi connectivity index (χ2v) is 7.56. The Morgan fingerprint density at radius 3 is 2.79 bits per heavy atom. The van der Waals surface area contributed by atoms with Crippen molar-refractivity contribution in [2.45, 2.75) is 0 Å². The number of piperazine rings is 1. The van der Waals surface area contributed by atoms with E-state index in [1.807, 2.05) is 30.3 Å². The van der Waals surface area contributed by atoms with Gasteiger partial charge in [0.1, 0.15) is 23.5 Å². The summed E-state index contributed by atoms with van der Waals surface area (Å²) in [6.07, 6.45) is 5.13. The first-order chi connectivity index (χ1) is 16.3. The molecule has 1 saturated heterocycles.